The van der Waals surface area contributed by atoms with Crippen molar-refractivity contribution in [3.05, 3.63) is 23.8 Å². The van der Waals surface area contributed by atoms with E-state index in [9.17, 15) is 0 Å². The van der Waals surface area contributed by atoms with E-state index in [-0.39, 0.29) is 0 Å². The SMILES string of the molecule is N#Cc1ccc2[nH]nc(N)c2c1. The van der Waals surface area contributed by atoms with Crippen LogP contribution >= 0.6 is 0 Å². The van der Waals surface area contributed by atoms with Gasteiger partial charge in [-0.25, -0.2) is 0 Å². The van der Waals surface area contributed by atoms with E-state index in [0.29, 0.717) is 11.4 Å². The monoisotopic (exact) mass is 158 g/mol. The molecule has 1 aromatic carbocycles. The minimum Gasteiger partial charge on any atom is -0.382 e. The first kappa shape index (κ1) is 6.68. The molecule has 0 aliphatic rings. The lowest BCUT2D eigenvalue weighted by molar-refractivity contribution is 1.13. The molecular weight excluding hydrogens is 152 g/mol. The standard InChI is InChI=1S/C8H6N4/c9-4-5-1-2-7-6(3-5)8(10)12-11-7/h1-3H,(H3,10,11,12). The molecule has 0 aliphatic carbocycles. The quantitative estimate of drug-likeness (QED) is 0.600. The van der Waals surface area contributed by atoms with Crippen molar-refractivity contribution in [2.24, 2.45) is 0 Å². The molecule has 58 valence electrons. The Hall–Kier alpha value is -2.02. The number of fused-ring (bicyclic) bond motifs is 1. The fourth-order valence-corrected chi connectivity index (χ4v) is 1.10. The number of aromatic nitrogens is 2. The second kappa shape index (κ2) is 2.24. The Labute approximate surface area is 68.6 Å². The smallest absolute Gasteiger partial charge is 0.153 e. The summed E-state index contributed by atoms with van der Waals surface area (Å²) in [4.78, 5) is 0. The number of hydrogen-bond donors (Lipinski definition) is 2. The molecule has 0 saturated heterocycles. The van der Waals surface area contributed by atoms with Gasteiger partial charge in [0.2, 0.25) is 0 Å². The van der Waals surface area contributed by atoms with E-state index < -0.39 is 0 Å². The van der Waals surface area contributed by atoms with E-state index in [2.05, 4.69) is 10.2 Å². The van der Waals surface area contributed by atoms with Crippen LogP contribution in [0.15, 0.2) is 18.2 Å². The molecule has 2 aromatic rings. The summed E-state index contributed by atoms with van der Waals surface area (Å²) >= 11 is 0. The molecule has 2 rings (SSSR count). The van der Waals surface area contributed by atoms with Crippen LogP contribution in [0.1, 0.15) is 5.56 Å². The highest BCUT2D eigenvalue weighted by Crippen LogP contribution is 2.18. The third kappa shape index (κ3) is 0.805. The largest absolute Gasteiger partial charge is 0.382 e. The summed E-state index contributed by atoms with van der Waals surface area (Å²) < 4.78 is 0. The van der Waals surface area contributed by atoms with E-state index in [4.69, 9.17) is 11.0 Å². The van der Waals surface area contributed by atoms with E-state index in [1.807, 2.05) is 6.07 Å². The van der Waals surface area contributed by atoms with Crippen molar-refractivity contribution in [1.29, 1.82) is 5.26 Å². The van der Waals surface area contributed by atoms with Gasteiger partial charge in [-0.1, -0.05) is 0 Å². The van der Waals surface area contributed by atoms with E-state index in [1.165, 1.54) is 0 Å². The highest BCUT2D eigenvalue weighted by molar-refractivity contribution is 5.89. The molecule has 12 heavy (non-hydrogen) atoms. The van der Waals surface area contributed by atoms with Crippen molar-refractivity contribution in [2.75, 3.05) is 5.73 Å². The average molecular weight is 158 g/mol. The van der Waals surface area contributed by atoms with E-state index in [1.54, 1.807) is 18.2 Å². The maximum Gasteiger partial charge on any atom is 0.153 e. The Morgan fingerprint density at radius 1 is 1.50 bits per heavy atom. The van der Waals surface area contributed by atoms with Gasteiger partial charge in [-0.05, 0) is 18.2 Å². The summed E-state index contributed by atoms with van der Waals surface area (Å²) in [7, 11) is 0. The highest BCUT2D eigenvalue weighted by atomic mass is 15.1. The van der Waals surface area contributed by atoms with Gasteiger partial charge in [-0.3, -0.25) is 5.10 Å². The van der Waals surface area contributed by atoms with Crippen LogP contribution < -0.4 is 5.73 Å². The maximum absolute atomic E-state index is 8.60. The topological polar surface area (TPSA) is 78.5 Å². The molecule has 4 heteroatoms. The molecular formula is C8H6N4. The zero-order valence-corrected chi connectivity index (χ0v) is 6.20. The highest BCUT2D eigenvalue weighted by Gasteiger charge is 2.01. The molecule has 0 saturated carbocycles. The van der Waals surface area contributed by atoms with Crippen LogP contribution in [0.5, 0.6) is 0 Å². The predicted molar refractivity (Wildman–Crippen MR) is 45.2 cm³/mol. The summed E-state index contributed by atoms with van der Waals surface area (Å²) in [6.07, 6.45) is 0. The van der Waals surface area contributed by atoms with Gasteiger partial charge in [0.25, 0.3) is 0 Å². The van der Waals surface area contributed by atoms with Crippen LogP contribution in [0.3, 0.4) is 0 Å². The van der Waals surface area contributed by atoms with Gasteiger partial charge in [0.1, 0.15) is 0 Å². The summed E-state index contributed by atoms with van der Waals surface area (Å²) in [5.41, 5.74) is 6.99. The lowest BCUT2D eigenvalue weighted by Gasteiger charge is -1.89. The summed E-state index contributed by atoms with van der Waals surface area (Å²) in [5, 5.41) is 16.0. The number of benzene rings is 1. The first-order chi connectivity index (χ1) is 5.81. The van der Waals surface area contributed by atoms with E-state index in [0.717, 1.165) is 10.9 Å². The Morgan fingerprint density at radius 2 is 2.33 bits per heavy atom. The number of nitriles is 1. The summed E-state index contributed by atoms with van der Waals surface area (Å²) in [6, 6.07) is 7.27. The van der Waals surface area contributed by atoms with Gasteiger partial charge in [0.15, 0.2) is 5.82 Å². The second-order valence-electron chi connectivity index (χ2n) is 2.48. The van der Waals surface area contributed by atoms with Gasteiger partial charge >= 0.3 is 0 Å². The first-order valence-electron chi connectivity index (χ1n) is 3.45. The molecule has 0 radical (unpaired) electrons. The molecule has 0 bridgehead atoms. The number of nitrogen functional groups attached to an aromatic ring is 1. The number of nitrogens with one attached hydrogen (secondary N) is 1. The number of nitrogens with two attached hydrogens (primary N) is 1. The molecule has 0 aliphatic heterocycles. The lowest BCUT2D eigenvalue weighted by atomic mass is 10.2. The van der Waals surface area contributed by atoms with Gasteiger partial charge in [0, 0.05) is 5.39 Å². The third-order valence-electron chi connectivity index (χ3n) is 1.72. The Balaban J connectivity index is 2.82. The molecule has 0 amide bonds. The Bertz CT molecular complexity index is 463. The molecule has 4 nitrogen and oxygen atoms in total. The van der Waals surface area contributed by atoms with Gasteiger partial charge < -0.3 is 5.73 Å². The minimum absolute atomic E-state index is 0.433. The van der Waals surface area contributed by atoms with Crippen LogP contribution in [0.25, 0.3) is 10.9 Å². The van der Waals surface area contributed by atoms with E-state index >= 15 is 0 Å². The van der Waals surface area contributed by atoms with Gasteiger partial charge in [0.05, 0.1) is 17.1 Å². The van der Waals surface area contributed by atoms with Crippen LogP contribution in [0.2, 0.25) is 0 Å². The molecule has 1 aromatic heterocycles. The van der Waals surface area contributed by atoms with Crippen molar-refractivity contribution >= 4 is 16.7 Å². The molecule has 1 heterocycles. The molecule has 0 spiro atoms. The fraction of sp³-hybridized carbons (Fsp3) is 0. The third-order valence-corrected chi connectivity index (χ3v) is 1.72. The zero-order chi connectivity index (χ0) is 8.55. The van der Waals surface area contributed by atoms with Crippen LogP contribution in [-0.4, -0.2) is 10.2 Å². The summed E-state index contributed by atoms with van der Waals surface area (Å²) in [5.74, 6) is 0.433. The summed E-state index contributed by atoms with van der Waals surface area (Å²) in [6.45, 7) is 0. The molecule has 0 fully saturated rings. The van der Waals surface area contributed by atoms with Crippen molar-refractivity contribution in [1.82, 2.24) is 10.2 Å². The Kier molecular flexibility index (Phi) is 1.25. The molecule has 3 N–H and O–H groups in total. The zero-order valence-electron chi connectivity index (χ0n) is 6.20. The van der Waals surface area contributed by atoms with Crippen LogP contribution in [0.4, 0.5) is 5.82 Å². The van der Waals surface area contributed by atoms with Gasteiger partial charge in [-0.15, -0.1) is 0 Å². The average Bonchev–Trinajstić information content (AvgIpc) is 2.47. The fourth-order valence-electron chi connectivity index (χ4n) is 1.10. The predicted octanol–water partition coefficient (Wildman–Crippen LogP) is 1.02. The number of rotatable bonds is 0. The van der Waals surface area contributed by atoms with Crippen molar-refractivity contribution in [2.45, 2.75) is 0 Å². The van der Waals surface area contributed by atoms with Crippen molar-refractivity contribution < 1.29 is 0 Å². The minimum atomic E-state index is 0.433. The van der Waals surface area contributed by atoms with Crippen LogP contribution in [0, 0.1) is 11.3 Å². The number of nitrogens with zero attached hydrogens (tertiary/aromatic N) is 2. The van der Waals surface area contributed by atoms with Crippen LogP contribution in [-0.2, 0) is 0 Å². The number of H-pyrrole nitrogens is 1. The lowest BCUT2D eigenvalue weighted by Crippen LogP contribution is -1.83. The molecule has 0 atom stereocenters. The van der Waals surface area contributed by atoms with Crippen molar-refractivity contribution in [3.8, 4) is 6.07 Å². The Morgan fingerprint density at radius 3 is 3.08 bits per heavy atom. The van der Waals surface area contributed by atoms with Crippen molar-refractivity contribution in [3.63, 3.8) is 0 Å². The number of aromatic amines is 1. The second-order valence-corrected chi connectivity index (χ2v) is 2.48. The maximum atomic E-state index is 8.60. The number of hydrogen-bond acceptors (Lipinski definition) is 3. The molecule has 0 unspecified atom stereocenters. The van der Waals surface area contributed by atoms with Gasteiger partial charge in [-0.2, -0.15) is 10.4 Å². The normalized spacial score (nSPS) is 9.92. The number of anilines is 1. The first-order valence-corrected chi connectivity index (χ1v) is 3.45.